The number of hydrogen-bond acceptors (Lipinski definition) is 4. The SMILES string of the molecule is N#CCc1cc(Cl)c(F)c(NC(=O)c2ncn(Cc3ccccc3)n2)c1. The number of hydrogen-bond donors (Lipinski definition) is 1. The third-order valence-electron chi connectivity index (χ3n) is 3.55. The first-order chi connectivity index (χ1) is 12.6. The third-order valence-corrected chi connectivity index (χ3v) is 3.82. The number of halogens is 2. The smallest absolute Gasteiger partial charge is 0.295 e. The van der Waals surface area contributed by atoms with Crippen LogP contribution in [0.1, 0.15) is 21.7 Å². The molecular weight excluding hydrogens is 357 g/mol. The lowest BCUT2D eigenvalue weighted by Crippen LogP contribution is -2.16. The van der Waals surface area contributed by atoms with Gasteiger partial charge in [0.2, 0.25) is 5.82 Å². The van der Waals surface area contributed by atoms with E-state index in [1.165, 1.54) is 23.1 Å². The Morgan fingerprint density at radius 1 is 1.27 bits per heavy atom. The molecule has 2 aromatic carbocycles. The van der Waals surface area contributed by atoms with Crippen molar-refractivity contribution >= 4 is 23.2 Å². The molecule has 26 heavy (non-hydrogen) atoms. The van der Waals surface area contributed by atoms with Crippen molar-refractivity contribution in [2.45, 2.75) is 13.0 Å². The Bertz CT molecular complexity index is 981. The lowest BCUT2D eigenvalue weighted by Gasteiger charge is -2.08. The van der Waals surface area contributed by atoms with E-state index in [0.29, 0.717) is 12.1 Å². The fourth-order valence-electron chi connectivity index (χ4n) is 2.35. The molecule has 0 aliphatic carbocycles. The van der Waals surface area contributed by atoms with Crippen LogP contribution in [0.15, 0.2) is 48.8 Å². The van der Waals surface area contributed by atoms with E-state index < -0.39 is 11.7 Å². The second kappa shape index (κ2) is 7.76. The quantitative estimate of drug-likeness (QED) is 0.746. The van der Waals surface area contributed by atoms with Crippen molar-refractivity contribution in [1.82, 2.24) is 14.8 Å². The van der Waals surface area contributed by atoms with Crippen LogP contribution in [0, 0.1) is 17.1 Å². The number of anilines is 1. The number of benzene rings is 2. The van der Waals surface area contributed by atoms with Crippen LogP contribution in [0.5, 0.6) is 0 Å². The van der Waals surface area contributed by atoms with E-state index in [-0.39, 0.29) is 23.0 Å². The van der Waals surface area contributed by atoms with E-state index in [4.69, 9.17) is 16.9 Å². The van der Waals surface area contributed by atoms with Crippen LogP contribution in [0.2, 0.25) is 5.02 Å². The minimum Gasteiger partial charge on any atom is -0.317 e. The molecule has 1 aromatic heterocycles. The van der Waals surface area contributed by atoms with Crippen LogP contribution in [-0.2, 0) is 13.0 Å². The maximum atomic E-state index is 14.1. The molecule has 0 aliphatic rings. The average Bonchev–Trinajstić information content (AvgIpc) is 3.09. The monoisotopic (exact) mass is 369 g/mol. The molecule has 1 heterocycles. The van der Waals surface area contributed by atoms with Gasteiger partial charge in [0.05, 0.1) is 29.7 Å². The van der Waals surface area contributed by atoms with E-state index in [1.807, 2.05) is 36.4 Å². The summed E-state index contributed by atoms with van der Waals surface area (Å²) in [6.07, 6.45) is 1.48. The number of nitrogens with one attached hydrogen (secondary N) is 1. The molecule has 130 valence electrons. The summed E-state index contributed by atoms with van der Waals surface area (Å²) in [5.41, 5.74) is 1.38. The molecule has 6 nitrogen and oxygen atoms in total. The summed E-state index contributed by atoms with van der Waals surface area (Å²) >= 11 is 5.81. The molecule has 0 aliphatic heterocycles. The maximum Gasteiger partial charge on any atom is 0.295 e. The van der Waals surface area contributed by atoms with Gasteiger partial charge in [-0.3, -0.25) is 4.79 Å². The number of rotatable bonds is 5. The first-order valence-electron chi connectivity index (χ1n) is 7.66. The summed E-state index contributed by atoms with van der Waals surface area (Å²) in [5, 5.41) is 15.1. The van der Waals surface area contributed by atoms with Crippen LogP contribution in [0.4, 0.5) is 10.1 Å². The largest absolute Gasteiger partial charge is 0.317 e. The zero-order valence-electron chi connectivity index (χ0n) is 13.5. The van der Waals surface area contributed by atoms with Crippen LogP contribution in [0.25, 0.3) is 0 Å². The molecule has 8 heteroatoms. The van der Waals surface area contributed by atoms with Crippen LogP contribution in [0.3, 0.4) is 0 Å². The third kappa shape index (κ3) is 4.05. The zero-order valence-corrected chi connectivity index (χ0v) is 14.2. The molecule has 0 bridgehead atoms. The molecular formula is C18H13ClFN5O. The number of carbonyl (C=O) groups is 1. The van der Waals surface area contributed by atoms with Crippen molar-refractivity contribution in [2.75, 3.05) is 5.32 Å². The molecule has 0 atom stereocenters. The molecule has 0 saturated heterocycles. The molecule has 1 N–H and O–H groups in total. The Morgan fingerprint density at radius 2 is 2.04 bits per heavy atom. The first kappa shape index (κ1) is 17.6. The fraction of sp³-hybridized carbons (Fsp3) is 0.111. The number of aromatic nitrogens is 3. The molecule has 1 amide bonds. The molecule has 3 aromatic rings. The van der Waals surface area contributed by atoms with Crippen molar-refractivity contribution in [2.24, 2.45) is 0 Å². The lowest BCUT2D eigenvalue weighted by molar-refractivity contribution is 0.101. The number of nitrogens with zero attached hydrogens (tertiary/aromatic N) is 4. The topological polar surface area (TPSA) is 83.6 Å². The van der Waals surface area contributed by atoms with E-state index in [1.54, 1.807) is 0 Å². The standard InChI is InChI=1S/C18H13ClFN5O/c19-14-8-13(6-7-21)9-15(16(14)20)23-18(26)17-22-11-25(24-17)10-12-4-2-1-3-5-12/h1-5,8-9,11H,6,10H2,(H,23,26). The van der Waals surface area contributed by atoms with Gasteiger partial charge in [-0.1, -0.05) is 41.9 Å². The Labute approximate surface area is 153 Å². The fourth-order valence-corrected chi connectivity index (χ4v) is 2.60. The molecule has 0 spiro atoms. The molecule has 0 radical (unpaired) electrons. The summed E-state index contributed by atoms with van der Waals surface area (Å²) in [6.45, 7) is 0.457. The first-order valence-corrected chi connectivity index (χ1v) is 8.04. The minimum absolute atomic E-state index is 0.0484. The highest BCUT2D eigenvalue weighted by Crippen LogP contribution is 2.25. The van der Waals surface area contributed by atoms with Crippen molar-refractivity contribution in [1.29, 1.82) is 5.26 Å². The van der Waals surface area contributed by atoms with Gasteiger partial charge < -0.3 is 5.32 Å². The van der Waals surface area contributed by atoms with Gasteiger partial charge in [0.25, 0.3) is 5.91 Å². The minimum atomic E-state index is -0.773. The Kier molecular flexibility index (Phi) is 5.25. The van der Waals surface area contributed by atoms with Gasteiger partial charge in [-0.05, 0) is 23.3 Å². The van der Waals surface area contributed by atoms with Gasteiger partial charge >= 0.3 is 0 Å². The second-order valence-electron chi connectivity index (χ2n) is 5.48. The number of carbonyl (C=O) groups excluding carboxylic acids is 1. The van der Waals surface area contributed by atoms with Crippen LogP contribution < -0.4 is 5.32 Å². The summed E-state index contributed by atoms with van der Waals surface area (Å²) < 4.78 is 15.6. The van der Waals surface area contributed by atoms with Crippen molar-refractivity contribution < 1.29 is 9.18 Å². The van der Waals surface area contributed by atoms with E-state index in [9.17, 15) is 9.18 Å². The maximum absolute atomic E-state index is 14.1. The highest BCUT2D eigenvalue weighted by atomic mass is 35.5. The van der Waals surface area contributed by atoms with Gasteiger partial charge in [-0.25, -0.2) is 14.1 Å². The Balaban J connectivity index is 1.76. The Morgan fingerprint density at radius 3 is 2.77 bits per heavy atom. The van der Waals surface area contributed by atoms with E-state index >= 15 is 0 Å². The lowest BCUT2D eigenvalue weighted by atomic mass is 10.1. The van der Waals surface area contributed by atoms with Gasteiger partial charge in [0.15, 0.2) is 5.82 Å². The summed E-state index contributed by atoms with van der Waals surface area (Å²) in [7, 11) is 0. The average molecular weight is 370 g/mol. The predicted molar refractivity (Wildman–Crippen MR) is 94.2 cm³/mol. The van der Waals surface area contributed by atoms with Crippen LogP contribution in [-0.4, -0.2) is 20.7 Å². The Hall–Kier alpha value is -3.24. The molecule has 3 rings (SSSR count). The zero-order chi connectivity index (χ0) is 18.5. The van der Waals surface area contributed by atoms with Gasteiger partial charge in [0, 0.05) is 0 Å². The molecule has 0 unspecified atom stereocenters. The number of nitriles is 1. The second-order valence-corrected chi connectivity index (χ2v) is 5.89. The van der Waals surface area contributed by atoms with Crippen LogP contribution >= 0.6 is 11.6 Å². The predicted octanol–water partition coefficient (Wildman–Crippen LogP) is 3.44. The molecule has 0 saturated carbocycles. The van der Waals surface area contributed by atoms with Gasteiger partial charge in [-0.2, -0.15) is 5.26 Å². The van der Waals surface area contributed by atoms with E-state index in [2.05, 4.69) is 15.4 Å². The highest BCUT2D eigenvalue weighted by molar-refractivity contribution is 6.31. The highest BCUT2D eigenvalue weighted by Gasteiger charge is 2.16. The van der Waals surface area contributed by atoms with Crippen molar-refractivity contribution in [3.05, 3.63) is 76.6 Å². The summed E-state index contributed by atoms with van der Waals surface area (Å²) in [5.74, 6) is -1.53. The normalized spacial score (nSPS) is 10.3. The van der Waals surface area contributed by atoms with Crippen molar-refractivity contribution in [3.63, 3.8) is 0 Å². The van der Waals surface area contributed by atoms with Crippen molar-refractivity contribution in [3.8, 4) is 6.07 Å². The van der Waals surface area contributed by atoms with Gasteiger partial charge in [0.1, 0.15) is 6.33 Å². The van der Waals surface area contributed by atoms with E-state index in [0.717, 1.165) is 5.56 Å². The molecule has 0 fully saturated rings. The number of amides is 1. The summed E-state index contributed by atoms with van der Waals surface area (Å²) in [4.78, 5) is 16.2. The van der Waals surface area contributed by atoms with Gasteiger partial charge in [-0.15, -0.1) is 5.10 Å². The summed E-state index contributed by atoms with van der Waals surface area (Å²) in [6, 6.07) is 14.2.